The summed E-state index contributed by atoms with van der Waals surface area (Å²) in [4.78, 5) is 0. The van der Waals surface area contributed by atoms with Crippen LogP contribution in [0.3, 0.4) is 0 Å². The normalized spacial score (nSPS) is 12.6. The van der Waals surface area contributed by atoms with Crippen molar-refractivity contribution in [3.63, 3.8) is 0 Å². The monoisotopic (exact) mass is 227 g/mol. The summed E-state index contributed by atoms with van der Waals surface area (Å²) in [5, 5.41) is 0. The van der Waals surface area contributed by atoms with Crippen molar-refractivity contribution in [3.8, 4) is 0 Å². The average molecular weight is 227 g/mol. The Morgan fingerprint density at radius 1 is 1.47 bits per heavy atom. The summed E-state index contributed by atoms with van der Waals surface area (Å²) >= 11 is 0. The van der Waals surface area contributed by atoms with Gasteiger partial charge in [-0.1, -0.05) is 12.1 Å². The molecule has 0 bridgehead atoms. The first kappa shape index (κ1) is 12.2. The smallest absolute Gasteiger partial charge is 0.0486 e. The second-order valence-corrected chi connectivity index (χ2v) is 4.96. The fourth-order valence-corrected chi connectivity index (χ4v) is 2.44. The third-order valence-corrected chi connectivity index (χ3v) is 3.40. The van der Waals surface area contributed by atoms with Crippen LogP contribution in [0.15, 0.2) is 24.3 Å². The average Bonchev–Trinajstić information content (AvgIpc) is 2.18. The van der Waals surface area contributed by atoms with Gasteiger partial charge in [-0.15, -0.1) is 0 Å². The number of benzene rings is 1. The lowest BCUT2D eigenvalue weighted by Gasteiger charge is -2.03. The Bertz CT molecular complexity index is 328. The highest BCUT2D eigenvalue weighted by Crippen LogP contribution is 2.09. The number of nitrogens with two attached hydrogens (primary N) is 1. The van der Waals surface area contributed by atoms with Crippen molar-refractivity contribution in [2.24, 2.45) is 0 Å². The molecule has 0 aromatic heterocycles. The Morgan fingerprint density at radius 3 is 2.93 bits per heavy atom. The Balaban J connectivity index is 2.37. The fourth-order valence-electron chi connectivity index (χ4n) is 1.31. The molecule has 3 nitrogen and oxygen atoms in total. The lowest BCUT2D eigenvalue weighted by atomic mass is 10.2. The number of nitrogen functional groups attached to an aromatic ring is 1. The summed E-state index contributed by atoms with van der Waals surface area (Å²) in [6.45, 7) is 0.669. The molecule has 0 aliphatic carbocycles. The molecule has 2 N–H and O–H groups in total. The van der Waals surface area contributed by atoms with Gasteiger partial charge in [-0.05, 0) is 24.1 Å². The van der Waals surface area contributed by atoms with Crippen molar-refractivity contribution in [3.05, 3.63) is 29.8 Å². The van der Waals surface area contributed by atoms with Gasteiger partial charge in [-0.25, -0.2) is 0 Å². The summed E-state index contributed by atoms with van der Waals surface area (Å²) in [6, 6.07) is 7.53. The highest BCUT2D eigenvalue weighted by Gasteiger charge is 2.01. The third-order valence-electron chi connectivity index (χ3n) is 2.00. The number of rotatable bonds is 6. The van der Waals surface area contributed by atoms with Crippen LogP contribution >= 0.6 is 0 Å². The van der Waals surface area contributed by atoms with Gasteiger partial charge < -0.3 is 10.5 Å². The molecule has 0 saturated heterocycles. The van der Waals surface area contributed by atoms with Crippen LogP contribution in [-0.4, -0.2) is 23.7 Å². The van der Waals surface area contributed by atoms with Crippen LogP contribution in [0.4, 0.5) is 5.69 Å². The molecule has 0 aliphatic heterocycles. The summed E-state index contributed by atoms with van der Waals surface area (Å²) in [5.41, 5.74) is 7.39. The van der Waals surface area contributed by atoms with Gasteiger partial charge in [0.1, 0.15) is 0 Å². The minimum absolute atomic E-state index is 0.578. The van der Waals surface area contributed by atoms with Gasteiger partial charge in [-0.3, -0.25) is 4.21 Å². The third kappa shape index (κ3) is 4.95. The minimum atomic E-state index is -0.816. The molecule has 0 amide bonds. The maximum atomic E-state index is 11.6. The maximum Gasteiger partial charge on any atom is 0.0486 e. The molecule has 0 radical (unpaired) electrons. The van der Waals surface area contributed by atoms with Crippen LogP contribution in [0, 0.1) is 0 Å². The molecule has 84 valence electrons. The standard InChI is InChI=1S/C11H17NO2S/c1-14-6-3-7-15(13)9-10-4-2-5-11(12)8-10/h2,4-5,8H,3,6-7,9,12H2,1H3. The van der Waals surface area contributed by atoms with Crippen molar-refractivity contribution in [2.75, 3.05) is 25.2 Å². The summed E-state index contributed by atoms with van der Waals surface area (Å²) in [5.74, 6) is 1.26. The molecule has 0 saturated carbocycles. The molecule has 1 rings (SSSR count). The van der Waals surface area contributed by atoms with Crippen molar-refractivity contribution in [2.45, 2.75) is 12.2 Å². The van der Waals surface area contributed by atoms with Gasteiger partial charge in [0.2, 0.25) is 0 Å². The predicted octanol–water partition coefficient (Wildman–Crippen LogP) is 1.55. The number of hydrogen-bond acceptors (Lipinski definition) is 3. The van der Waals surface area contributed by atoms with Crippen molar-refractivity contribution >= 4 is 16.5 Å². The molecule has 1 atom stereocenters. The zero-order valence-corrected chi connectivity index (χ0v) is 9.76. The van der Waals surface area contributed by atoms with Gasteiger partial charge in [0.25, 0.3) is 0 Å². The lowest BCUT2D eigenvalue weighted by molar-refractivity contribution is 0.200. The van der Waals surface area contributed by atoms with E-state index in [0.29, 0.717) is 18.1 Å². The number of hydrogen-bond donors (Lipinski definition) is 1. The van der Waals surface area contributed by atoms with Gasteiger partial charge in [0, 0.05) is 41.7 Å². The summed E-state index contributed by atoms with van der Waals surface area (Å²) in [6.07, 6.45) is 0.839. The molecular formula is C11H17NO2S. The fraction of sp³-hybridized carbons (Fsp3) is 0.455. The van der Waals surface area contributed by atoms with E-state index in [1.54, 1.807) is 7.11 Å². The molecule has 1 aromatic rings. The van der Waals surface area contributed by atoms with Crippen LogP contribution in [0.1, 0.15) is 12.0 Å². The number of anilines is 1. The van der Waals surface area contributed by atoms with Crippen LogP contribution in [0.5, 0.6) is 0 Å². The van der Waals surface area contributed by atoms with Gasteiger partial charge >= 0.3 is 0 Å². The summed E-state index contributed by atoms with van der Waals surface area (Å²) in [7, 11) is 0.837. The van der Waals surface area contributed by atoms with E-state index >= 15 is 0 Å². The zero-order valence-electron chi connectivity index (χ0n) is 8.94. The highest BCUT2D eigenvalue weighted by molar-refractivity contribution is 7.84. The Morgan fingerprint density at radius 2 is 2.27 bits per heavy atom. The molecule has 1 unspecified atom stereocenters. The van der Waals surface area contributed by atoms with Crippen molar-refractivity contribution in [1.82, 2.24) is 0 Å². The van der Waals surface area contributed by atoms with E-state index in [0.717, 1.165) is 17.7 Å². The van der Waals surface area contributed by atoms with Crippen LogP contribution in [0.25, 0.3) is 0 Å². The van der Waals surface area contributed by atoms with E-state index < -0.39 is 10.8 Å². The summed E-state index contributed by atoms with van der Waals surface area (Å²) < 4.78 is 16.5. The molecule has 0 heterocycles. The molecule has 0 aliphatic rings. The Hall–Kier alpha value is -0.870. The topological polar surface area (TPSA) is 52.3 Å². The van der Waals surface area contributed by atoms with Crippen LogP contribution in [-0.2, 0) is 21.3 Å². The highest BCUT2D eigenvalue weighted by atomic mass is 32.2. The molecule has 15 heavy (non-hydrogen) atoms. The van der Waals surface area contributed by atoms with E-state index in [-0.39, 0.29) is 0 Å². The first-order valence-electron chi connectivity index (χ1n) is 4.90. The number of ether oxygens (including phenoxy) is 1. The Kier molecular flexibility index (Phi) is 5.36. The van der Waals surface area contributed by atoms with E-state index in [1.165, 1.54) is 0 Å². The van der Waals surface area contributed by atoms with E-state index in [2.05, 4.69) is 0 Å². The first-order chi connectivity index (χ1) is 7.22. The van der Waals surface area contributed by atoms with E-state index in [9.17, 15) is 4.21 Å². The first-order valence-corrected chi connectivity index (χ1v) is 6.39. The lowest BCUT2D eigenvalue weighted by Crippen LogP contribution is -2.04. The van der Waals surface area contributed by atoms with Gasteiger partial charge in [0.15, 0.2) is 0 Å². The second kappa shape index (κ2) is 6.58. The minimum Gasteiger partial charge on any atom is -0.399 e. The largest absolute Gasteiger partial charge is 0.399 e. The van der Waals surface area contributed by atoms with Crippen LogP contribution < -0.4 is 5.73 Å². The molecule has 1 aromatic carbocycles. The maximum absolute atomic E-state index is 11.6. The molecule has 0 spiro atoms. The van der Waals surface area contributed by atoms with E-state index in [4.69, 9.17) is 10.5 Å². The molecule has 0 fully saturated rings. The molecular weight excluding hydrogens is 210 g/mol. The zero-order chi connectivity index (χ0) is 11.1. The van der Waals surface area contributed by atoms with Gasteiger partial charge in [0.05, 0.1) is 0 Å². The second-order valence-electron chi connectivity index (χ2n) is 3.38. The van der Waals surface area contributed by atoms with E-state index in [1.807, 2.05) is 24.3 Å². The van der Waals surface area contributed by atoms with Crippen molar-refractivity contribution < 1.29 is 8.95 Å². The molecule has 4 heteroatoms. The number of methoxy groups -OCH3 is 1. The van der Waals surface area contributed by atoms with Crippen LogP contribution in [0.2, 0.25) is 0 Å². The predicted molar refractivity (Wildman–Crippen MR) is 64.1 cm³/mol. The Labute approximate surface area is 93.1 Å². The SMILES string of the molecule is COCCCS(=O)Cc1cccc(N)c1. The quantitative estimate of drug-likeness (QED) is 0.592. The van der Waals surface area contributed by atoms with Crippen molar-refractivity contribution in [1.29, 1.82) is 0 Å². The van der Waals surface area contributed by atoms with Gasteiger partial charge in [-0.2, -0.15) is 0 Å².